The van der Waals surface area contributed by atoms with Gasteiger partial charge in [-0.3, -0.25) is 0 Å². The molecule has 48 heavy (non-hydrogen) atoms. The number of fused-ring (bicyclic) bond motifs is 4. The molecule has 0 saturated carbocycles. The van der Waals surface area contributed by atoms with Crippen LogP contribution >= 0.6 is 11.8 Å². The fourth-order valence-electron chi connectivity index (χ4n) is 6.97. The second-order valence-corrected chi connectivity index (χ2v) is 13.6. The summed E-state index contributed by atoms with van der Waals surface area (Å²) in [5, 5.41) is 9.08. The lowest BCUT2D eigenvalue weighted by Crippen LogP contribution is -2.31. The molecule has 7 aromatic rings. The van der Waals surface area contributed by atoms with Crippen LogP contribution in [0.15, 0.2) is 174 Å². The van der Waals surface area contributed by atoms with Gasteiger partial charge in [-0.15, -0.1) is 0 Å². The van der Waals surface area contributed by atoms with Gasteiger partial charge in [0.1, 0.15) is 11.2 Å². The first-order valence-electron chi connectivity index (χ1n) is 16.4. The molecule has 0 aromatic heterocycles. The van der Waals surface area contributed by atoms with Gasteiger partial charge in [0.05, 0.1) is 17.4 Å². The summed E-state index contributed by atoms with van der Waals surface area (Å²) in [6.07, 6.45) is 2.24. The highest BCUT2D eigenvalue weighted by molar-refractivity contribution is 8.00. The van der Waals surface area contributed by atoms with Crippen LogP contribution in [0.25, 0.3) is 38.4 Å². The molecule has 0 radical (unpaired) electrons. The lowest BCUT2D eigenvalue weighted by molar-refractivity contribution is 0.782. The summed E-state index contributed by atoms with van der Waals surface area (Å²) in [6.45, 7) is 0. The summed E-state index contributed by atoms with van der Waals surface area (Å²) < 4.78 is 0. The third-order valence-electron chi connectivity index (χ3n) is 9.52. The Morgan fingerprint density at radius 2 is 1.25 bits per heavy atom. The molecule has 0 fully saturated rings. The number of benzene rings is 7. The minimum Gasteiger partial charge on any atom is -0.359 e. The molecular weight excluding hydrogens is 603 g/mol. The lowest BCUT2D eigenvalue weighted by atomic mass is 9.96. The van der Waals surface area contributed by atoms with Crippen LogP contribution in [0.2, 0.25) is 0 Å². The second kappa shape index (κ2) is 11.9. The van der Waals surface area contributed by atoms with Crippen molar-refractivity contribution in [3.63, 3.8) is 0 Å². The van der Waals surface area contributed by atoms with Crippen LogP contribution in [0.1, 0.15) is 33.7 Å². The van der Waals surface area contributed by atoms with Crippen molar-refractivity contribution in [3.8, 4) is 11.1 Å². The Labute approximate surface area is 285 Å². The number of amidine groups is 1. The van der Waals surface area contributed by atoms with Gasteiger partial charge >= 0.3 is 0 Å². The Morgan fingerprint density at radius 3 is 2.10 bits per heavy atom. The molecule has 7 aromatic carbocycles. The Balaban J connectivity index is 1.09. The number of rotatable bonds is 5. The number of thioether (sulfide) groups is 1. The van der Waals surface area contributed by atoms with E-state index in [0.29, 0.717) is 0 Å². The van der Waals surface area contributed by atoms with Gasteiger partial charge in [0.15, 0.2) is 0 Å². The number of nitrogens with zero attached hydrogens (tertiary/aromatic N) is 2. The van der Waals surface area contributed by atoms with E-state index in [9.17, 15) is 0 Å². The second-order valence-electron chi connectivity index (χ2n) is 12.5. The molecule has 1 N–H and O–H groups in total. The van der Waals surface area contributed by atoms with Gasteiger partial charge in [0.2, 0.25) is 0 Å². The predicted molar refractivity (Wildman–Crippen MR) is 204 cm³/mol. The fourth-order valence-corrected chi connectivity index (χ4v) is 8.39. The van der Waals surface area contributed by atoms with E-state index in [4.69, 9.17) is 4.99 Å². The maximum absolute atomic E-state index is 5.20. The fraction of sp³-hybridized carbons (Fsp3) is 0.0682. The monoisotopic (exact) mass is 635 g/mol. The Bertz CT molecular complexity index is 2380. The van der Waals surface area contributed by atoms with E-state index in [1.165, 1.54) is 54.4 Å². The van der Waals surface area contributed by atoms with Crippen LogP contribution in [0.4, 0.5) is 5.69 Å². The molecule has 2 atom stereocenters. The molecule has 9 rings (SSSR count). The van der Waals surface area contributed by atoms with Gasteiger partial charge in [0, 0.05) is 17.5 Å². The summed E-state index contributed by atoms with van der Waals surface area (Å²) in [6, 6.07) is 56.7. The zero-order chi connectivity index (χ0) is 32.0. The van der Waals surface area contributed by atoms with E-state index in [1.807, 2.05) is 11.8 Å². The van der Waals surface area contributed by atoms with Gasteiger partial charge in [-0.25, -0.2) is 4.99 Å². The van der Waals surface area contributed by atoms with E-state index < -0.39 is 0 Å². The Kier molecular flexibility index (Phi) is 7.10. The first kappa shape index (κ1) is 28.6. The van der Waals surface area contributed by atoms with Gasteiger partial charge < -0.3 is 10.2 Å². The molecule has 0 bridgehead atoms. The minimum absolute atomic E-state index is 0.0178. The van der Waals surface area contributed by atoms with E-state index in [1.54, 1.807) is 0 Å². The van der Waals surface area contributed by atoms with Crippen molar-refractivity contribution in [2.24, 2.45) is 4.99 Å². The summed E-state index contributed by atoms with van der Waals surface area (Å²) in [4.78, 5) is 8.94. The van der Waals surface area contributed by atoms with Gasteiger partial charge in [-0.2, -0.15) is 0 Å². The van der Waals surface area contributed by atoms with E-state index >= 15 is 0 Å². The van der Waals surface area contributed by atoms with E-state index in [-0.39, 0.29) is 11.4 Å². The lowest BCUT2D eigenvalue weighted by Gasteiger charge is -2.25. The normalized spacial score (nSPS) is 17.1. The number of hydrogen-bond acceptors (Lipinski definition) is 4. The zero-order valence-corrected chi connectivity index (χ0v) is 27.4. The van der Waals surface area contributed by atoms with Crippen molar-refractivity contribution in [2.75, 3.05) is 11.9 Å². The molecule has 3 nitrogen and oxygen atoms in total. The highest BCUT2D eigenvalue weighted by Gasteiger charge is 2.30. The van der Waals surface area contributed by atoms with Gasteiger partial charge in [0.25, 0.3) is 0 Å². The SMILES string of the molecule is CN1c2ccc3ccc(-c4cccc(C5=NC(c6ccccc6)=CC(c6ccc7ccccc7c6)N5)c4)cc3c2SC1c1ccccc1. The average molecular weight is 636 g/mol. The van der Waals surface area contributed by atoms with Crippen molar-refractivity contribution in [2.45, 2.75) is 16.3 Å². The summed E-state index contributed by atoms with van der Waals surface area (Å²) in [5.74, 6) is 0.876. The third kappa shape index (κ3) is 5.15. The first-order chi connectivity index (χ1) is 23.7. The third-order valence-corrected chi connectivity index (χ3v) is 11.0. The number of aliphatic imine (C=N–C) groups is 1. The van der Waals surface area contributed by atoms with Gasteiger partial charge in [-0.05, 0) is 79.7 Å². The molecule has 0 saturated heterocycles. The summed E-state index contributed by atoms with van der Waals surface area (Å²) in [7, 11) is 2.21. The molecular formula is C44H33N3S. The largest absolute Gasteiger partial charge is 0.359 e. The van der Waals surface area contributed by atoms with Crippen LogP contribution in [0.5, 0.6) is 0 Å². The molecule has 4 heteroatoms. The van der Waals surface area contributed by atoms with E-state index in [2.05, 4.69) is 181 Å². The number of nitrogens with one attached hydrogen (secondary N) is 1. The quantitative estimate of drug-likeness (QED) is 0.204. The Morgan fingerprint density at radius 1 is 0.562 bits per heavy atom. The number of anilines is 1. The van der Waals surface area contributed by atoms with Crippen LogP contribution in [0.3, 0.4) is 0 Å². The molecule has 2 aliphatic heterocycles. The summed E-state index contributed by atoms with van der Waals surface area (Å²) in [5.41, 5.74) is 9.34. The molecule has 0 amide bonds. The van der Waals surface area contributed by atoms with Crippen LogP contribution in [-0.2, 0) is 0 Å². The molecule has 2 aliphatic rings. The maximum atomic E-state index is 5.20. The van der Waals surface area contributed by atoms with Crippen molar-refractivity contribution in [1.82, 2.24) is 5.32 Å². The van der Waals surface area contributed by atoms with Crippen LogP contribution in [-0.4, -0.2) is 12.9 Å². The van der Waals surface area contributed by atoms with E-state index in [0.717, 1.165) is 22.7 Å². The predicted octanol–water partition coefficient (Wildman–Crippen LogP) is 11.0. The number of hydrogen-bond donors (Lipinski definition) is 1. The first-order valence-corrected chi connectivity index (χ1v) is 17.3. The molecule has 0 aliphatic carbocycles. The average Bonchev–Trinajstić information content (AvgIpc) is 3.51. The molecule has 2 heterocycles. The topological polar surface area (TPSA) is 27.6 Å². The molecule has 230 valence electrons. The highest BCUT2D eigenvalue weighted by atomic mass is 32.2. The zero-order valence-electron chi connectivity index (χ0n) is 26.5. The molecule has 2 unspecified atom stereocenters. The van der Waals surface area contributed by atoms with Crippen molar-refractivity contribution in [1.29, 1.82) is 0 Å². The standard InChI is InChI=1S/C44H33N3S/c1-47-41-24-23-30-20-21-35(27-38(30)42(41)48-44(47)32-14-6-3-7-15-32)34-17-10-18-37(26-34)43-45-39(31-12-4-2-5-13-31)28-40(46-43)36-22-19-29-11-8-9-16-33(29)25-36/h2-28,40,44H,1H3,(H,45,46). The molecule has 0 spiro atoms. The van der Waals surface area contributed by atoms with Crippen molar-refractivity contribution >= 4 is 50.5 Å². The highest BCUT2D eigenvalue weighted by Crippen LogP contribution is 2.53. The van der Waals surface area contributed by atoms with Crippen molar-refractivity contribution in [3.05, 3.63) is 186 Å². The van der Waals surface area contributed by atoms with Gasteiger partial charge in [-0.1, -0.05) is 145 Å². The van der Waals surface area contributed by atoms with Crippen LogP contribution in [0, 0.1) is 0 Å². The maximum Gasteiger partial charge on any atom is 0.134 e. The summed E-state index contributed by atoms with van der Waals surface area (Å²) >= 11 is 1.94. The minimum atomic E-state index is -0.0178. The van der Waals surface area contributed by atoms with Crippen molar-refractivity contribution < 1.29 is 0 Å². The smallest absolute Gasteiger partial charge is 0.134 e. The van der Waals surface area contributed by atoms with Crippen LogP contribution < -0.4 is 10.2 Å². The Hall–Kier alpha value is -5.58.